The number of carbonyl (C=O) groups excluding carboxylic acids is 1. The normalized spacial score (nSPS) is 13.4. The first-order chi connectivity index (χ1) is 14.5. The van der Waals surface area contributed by atoms with Crippen LogP contribution in [0.25, 0.3) is 0 Å². The molecule has 5 N–H and O–H groups in total. The number of allylic oxidation sites excluding steroid dienone is 2. The summed E-state index contributed by atoms with van der Waals surface area (Å²) in [5, 5.41) is 21.7. The van der Waals surface area contributed by atoms with E-state index in [1.807, 2.05) is 0 Å². The number of hydrogen-bond donors (Lipinski definition) is 4. The van der Waals surface area contributed by atoms with Gasteiger partial charge in [0.2, 0.25) is 5.91 Å². The van der Waals surface area contributed by atoms with Crippen molar-refractivity contribution in [3.8, 4) is 0 Å². The zero-order valence-corrected chi connectivity index (χ0v) is 19.1. The molecule has 1 amide bonds. The maximum Gasteiger partial charge on any atom is 0.326 e. The minimum Gasteiger partial charge on any atom is -0.480 e. The Morgan fingerprint density at radius 2 is 1.43 bits per heavy atom. The highest BCUT2D eigenvalue weighted by Gasteiger charge is 2.20. The van der Waals surface area contributed by atoms with Crippen molar-refractivity contribution in [1.29, 1.82) is 0 Å². The maximum atomic E-state index is 12.0. The van der Waals surface area contributed by atoms with Gasteiger partial charge in [-0.05, 0) is 57.9 Å². The molecule has 6 nitrogen and oxygen atoms in total. The van der Waals surface area contributed by atoms with E-state index in [0.29, 0.717) is 25.8 Å². The Labute approximate surface area is 183 Å². The van der Waals surface area contributed by atoms with Gasteiger partial charge in [-0.15, -0.1) is 0 Å². The molecule has 30 heavy (non-hydrogen) atoms. The van der Waals surface area contributed by atoms with Crippen LogP contribution >= 0.6 is 0 Å². The highest BCUT2D eigenvalue weighted by atomic mass is 16.4. The van der Waals surface area contributed by atoms with Gasteiger partial charge in [-0.3, -0.25) is 4.79 Å². The van der Waals surface area contributed by atoms with Crippen LogP contribution in [0.2, 0.25) is 0 Å². The summed E-state index contributed by atoms with van der Waals surface area (Å²) in [6.07, 6.45) is 19.3. The fourth-order valence-corrected chi connectivity index (χ4v) is 3.42. The zero-order valence-electron chi connectivity index (χ0n) is 19.1. The number of hydrogen-bond acceptors (Lipinski definition) is 4. The van der Waals surface area contributed by atoms with Crippen molar-refractivity contribution in [2.45, 2.75) is 122 Å². The average molecular weight is 427 g/mol. The number of aliphatic carboxylic acids is 1. The molecule has 6 heteroatoms. The molecule has 2 atom stereocenters. The zero-order chi connectivity index (χ0) is 22.5. The number of nitrogens with two attached hydrogens (primary N) is 1. The van der Waals surface area contributed by atoms with Gasteiger partial charge in [0, 0.05) is 0 Å². The first-order valence-electron chi connectivity index (χ1n) is 12.1. The molecular formula is C24H46N2O4. The molecule has 0 aromatic heterocycles. The first-order valence-corrected chi connectivity index (χ1v) is 12.1. The SMILES string of the molecule is CCCCCCCC/C=C\CCCCCC(O)CC(=O)N[C@@H](CCCCN)C(=O)O. The van der Waals surface area contributed by atoms with Gasteiger partial charge in [-0.2, -0.15) is 0 Å². The van der Waals surface area contributed by atoms with Gasteiger partial charge in [-0.25, -0.2) is 4.79 Å². The molecule has 0 aliphatic carbocycles. The number of carbonyl (C=O) groups is 2. The number of carboxylic acids is 1. The molecule has 0 bridgehead atoms. The van der Waals surface area contributed by atoms with E-state index in [1.54, 1.807) is 0 Å². The monoisotopic (exact) mass is 426 g/mol. The number of amides is 1. The molecule has 0 aromatic carbocycles. The Kier molecular flexibility index (Phi) is 19.9. The highest BCUT2D eigenvalue weighted by molar-refractivity contribution is 5.83. The molecule has 0 aliphatic rings. The Balaban J connectivity index is 3.69. The van der Waals surface area contributed by atoms with E-state index >= 15 is 0 Å². The Bertz CT molecular complexity index is 454. The van der Waals surface area contributed by atoms with Crippen LogP contribution in [-0.4, -0.2) is 40.8 Å². The van der Waals surface area contributed by atoms with Crippen LogP contribution in [0.4, 0.5) is 0 Å². The number of rotatable bonds is 21. The van der Waals surface area contributed by atoms with Gasteiger partial charge in [0.15, 0.2) is 0 Å². The van der Waals surface area contributed by atoms with Crippen LogP contribution in [0, 0.1) is 0 Å². The summed E-state index contributed by atoms with van der Waals surface area (Å²) < 4.78 is 0. The Morgan fingerprint density at radius 1 is 0.867 bits per heavy atom. The lowest BCUT2D eigenvalue weighted by Gasteiger charge is -2.16. The van der Waals surface area contributed by atoms with Crippen molar-refractivity contribution in [3.63, 3.8) is 0 Å². The summed E-state index contributed by atoms with van der Waals surface area (Å²) in [5.41, 5.74) is 5.41. The van der Waals surface area contributed by atoms with E-state index < -0.39 is 24.0 Å². The van der Waals surface area contributed by atoms with Crippen LogP contribution in [0.1, 0.15) is 110 Å². The van der Waals surface area contributed by atoms with E-state index in [-0.39, 0.29) is 6.42 Å². The minimum atomic E-state index is -1.04. The lowest BCUT2D eigenvalue weighted by molar-refractivity contribution is -0.142. The quantitative estimate of drug-likeness (QED) is 0.157. The lowest BCUT2D eigenvalue weighted by atomic mass is 10.1. The molecule has 1 unspecified atom stereocenters. The molecule has 0 spiro atoms. The van der Waals surface area contributed by atoms with Crippen molar-refractivity contribution in [2.75, 3.05) is 6.54 Å². The molecule has 176 valence electrons. The lowest BCUT2D eigenvalue weighted by Crippen LogP contribution is -2.41. The summed E-state index contributed by atoms with van der Waals surface area (Å²) in [6, 6.07) is -0.903. The predicted molar refractivity (Wildman–Crippen MR) is 123 cm³/mol. The summed E-state index contributed by atoms with van der Waals surface area (Å²) in [5.74, 6) is -1.44. The van der Waals surface area contributed by atoms with Gasteiger partial charge >= 0.3 is 5.97 Å². The third-order valence-electron chi connectivity index (χ3n) is 5.30. The van der Waals surface area contributed by atoms with Crippen LogP contribution in [0.5, 0.6) is 0 Å². The van der Waals surface area contributed by atoms with Crippen molar-refractivity contribution in [1.82, 2.24) is 5.32 Å². The second kappa shape index (κ2) is 20.9. The van der Waals surface area contributed by atoms with Gasteiger partial charge in [-0.1, -0.05) is 64.0 Å². The van der Waals surface area contributed by atoms with Crippen LogP contribution in [-0.2, 0) is 9.59 Å². The summed E-state index contributed by atoms with van der Waals surface area (Å²) in [7, 11) is 0. The Hall–Kier alpha value is -1.40. The van der Waals surface area contributed by atoms with Gasteiger partial charge in [0.1, 0.15) is 6.04 Å². The fourth-order valence-electron chi connectivity index (χ4n) is 3.42. The van der Waals surface area contributed by atoms with Gasteiger partial charge < -0.3 is 21.3 Å². The molecule has 0 rings (SSSR count). The van der Waals surface area contributed by atoms with E-state index in [9.17, 15) is 19.8 Å². The summed E-state index contributed by atoms with van der Waals surface area (Å²) in [4.78, 5) is 23.2. The third-order valence-corrected chi connectivity index (χ3v) is 5.30. The van der Waals surface area contributed by atoms with E-state index in [4.69, 9.17) is 5.73 Å². The molecule has 0 fully saturated rings. The minimum absolute atomic E-state index is 0.0428. The second-order valence-corrected chi connectivity index (χ2v) is 8.27. The topological polar surface area (TPSA) is 113 Å². The highest BCUT2D eigenvalue weighted by Crippen LogP contribution is 2.11. The number of unbranched alkanes of at least 4 members (excludes halogenated alkanes) is 10. The fraction of sp³-hybridized carbons (Fsp3) is 0.833. The van der Waals surface area contributed by atoms with E-state index in [0.717, 1.165) is 32.1 Å². The number of aliphatic hydroxyl groups excluding tert-OH is 1. The Morgan fingerprint density at radius 3 is 2.03 bits per heavy atom. The standard InChI is InChI=1S/C24H46N2O4/c1-2-3-4-5-6-7-8-9-10-11-12-13-14-17-21(27)20-23(28)26-22(24(29)30)18-15-16-19-25/h9-10,21-22,27H,2-8,11-20,25H2,1H3,(H,26,28)(H,29,30)/b10-9-/t21?,22-/m0/s1. The molecular weight excluding hydrogens is 380 g/mol. The second-order valence-electron chi connectivity index (χ2n) is 8.27. The maximum absolute atomic E-state index is 12.0. The molecule has 0 aromatic rings. The molecule has 0 radical (unpaired) electrons. The van der Waals surface area contributed by atoms with Crippen molar-refractivity contribution in [2.24, 2.45) is 5.73 Å². The van der Waals surface area contributed by atoms with Gasteiger partial charge in [0.05, 0.1) is 12.5 Å². The van der Waals surface area contributed by atoms with E-state index in [2.05, 4.69) is 24.4 Å². The average Bonchev–Trinajstić information content (AvgIpc) is 2.70. The molecule has 0 heterocycles. The largest absolute Gasteiger partial charge is 0.480 e. The van der Waals surface area contributed by atoms with Crippen LogP contribution < -0.4 is 11.1 Å². The summed E-state index contributed by atoms with van der Waals surface area (Å²) in [6.45, 7) is 2.75. The van der Waals surface area contributed by atoms with Crippen LogP contribution in [0.3, 0.4) is 0 Å². The smallest absolute Gasteiger partial charge is 0.326 e. The summed E-state index contributed by atoms with van der Waals surface area (Å²) >= 11 is 0. The van der Waals surface area contributed by atoms with Crippen molar-refractivity contribution < 1.29 is 19.8 Å². The third kappa shape index (κ3) is 18.6. The number of carboxylic acid groups (broad SMARTS) is 1. The predicted octanol–water partition coefficient (Wildman–Crippen LogP) is 4.69. The first kappa shape index (κ1) is 28.6. The van der Waals surface area contributed by atoms with Gasteiger partial charge in [0.25, 0.3) is 0 Å². The molecule has 0 saturated heterocycles. The van der Waals surface area contributed by atoms with Crippen molar-refractivity contribution in [3.05, 3.63) is 12.2 Å². The molecule has 0 aliphatic heterocycles. The molecule has 0 saturated carbocycles. The van der Waals surface area contributed by atoms with E-state index in [1.165, 1.54) is 44.9 Å². The number of nitrogens with one attached hydrogen (secondary N) is 1. The van der Waals surface area contributed by atoms with Crippen LogP contribution in [0.15, 0.2) is 12.2 Å². The number of aliphatic hydroxyl groups is 1. The van der Waals surface area contributed by atoms with Crippen molar-refractivity contribution >= 4 is 11.9 Å².